The lowest BCUT2D eigenvalue weighted by Crippen LogP contribution is -1.99. The van der Waals surface area contributed by atoms with Gasteiger partial charge in [0.05, 0.1) is 10.6 Å². The summed E-state index contributed by atoms with van der Waals surface area (Å²) in [5.74, 6) is -1.44. The number of nitrogens with zero attached hydrogens (tertiary/aromatic N) is 1. The minimum atomic E-state index is -1.21. The van der Waals surface area contributed by atoms with E-state index in [0.717, 1.165) is 6.07 Å². The highest BCUT2D eigenvalue weighted by molar-refractivity contribution is 6.31. The second kappa shape index (κ2) is 4.18. The van der Waals surface area contributed by atoms with Crippen molar-refractivity contribution in [1.29, 1.82) is 0 Å². The van der Waals surface area contributed by atoms with E-state index >= 15 is 0 Å². The maximum absolute atomic E-state index is 13.0. The Morgan fingerprint density at radius 3 is 2.82 bits per heavy atom. The smallest absolute Gasteiger partial charge is 0.358 e. The number of hydrogen-bond acceptors (Lipinski definition) is 3. The maximum atomic E-state index is 13.0. The van der Waals surface area contributed by atoms with Crippen LogP contribution in [0.2, 0.25) is 5.02 Å². The molecular formula is C11H7ClFNO3. The van der Waals surface area contributed by atoms with Crippen molar-refractivity contribution in [3.8, 4) is 11.1 Å². The van der Waals surface area contributed by atoms with Gasteiger partial charge in [-0.15, -0.1) is 0 Å². The van der Waals surface area contributed by atoms with Gasteiger partial charge in [0.15, 0.2) is 5.69 Å². The summed E-state index contributed by atoms with van der Waals surface area (Å²) in [6.45, 7) is 1.58. The summed E-state index contributed by atoms with van der Waals surface area (Å²) in [6, 6.07) is 3.92. The number of benzene rings is 1. The average Bonchev–Trinajstić information content (AvgIpc) is 2.64. The van der Waals surface area contributed by atoms with Gasteiger partial charge in [-0.3, -0.25) is 0 Å². The highest BCUT2D eigenvalue weighted by atomic mass is 35.5. The highest BCUT2D eigenvalue weighted by Crippen LogP contribution is 2.30. The zero-order chi connectivity index (χ0) is 12.6. The molecule has 0 atom stereocenters. The summed E-state index contributed by atoms with van der Waals surface area (Å²) in [7, 11) is 0. The average molecular weight is 256 g/mol. The second-order valence-corrected chi connectivity index (χ2v) is 3.80. The molecule has 1 aromatic heterocycles. The van der Waals surface area contributed by atoms with Crippen molar-refractivity contribution in [2.45, 2.75) is 6.92 Å². The van der Waals surface area contributed by atoms with Gasteiger partial charge < -0.3 is 9.63 Å². The van der Waals surface area contributed by atoms with Crippen LogP contribution in [0.4, 0.5) is 4.39 Å². The Morgan fingerprint density at radius 1 is 1.53 bits per heavy atom. The van der Waals surface area contributed by atoms with Crippen molar-refractivity contribution in [3.63, 3.8) is 0 Å². The van der Waals surface area contributed by atoms with Crippen molar-refractivity contribution in [2.24, 2.45) is 0 Å². The summed E-state index contributed by atoms with van der Waals surface area (Å²) < 4.78 is 17.8. The van der Waals surface area contributed by atoms with Crippen LogP contribution in [0.15, 0.2) is 22.7 Å². The fourth-order valence-corrected chi connectivity index (χ4v) is 1.69. The standard InChI is InChI=1S/C11H7ClFNO3/c1-5-9(10(11(15)16)14-17-5)6-2-3-8(13)7(12)4-6/h2-4H,1H3,(H,15,16). The van der Waals surface area contributed by atoms with Gasteiger partial charge in [0.2, 0.25) is 0 Å². The van der Waals surface area contributed by atoms with Gasteiger partial charge in [-0.25, -0.2) is 9.18 Å². The zero-order valence-corrected chi connectivity index (χ0v) is 9.45. The molecule has 0 radical (unpaired) electrons. The van der Waals surface area contributed by atoms with E-state index in [1.54, 1.807) is 6.92 Å². The van der Waals surface area contributed by atoms with Gasteiger partial charge in [0, 0.05) is 0 Å². The molecule has 0 fully saturated rings. The van der Waals surface area contributed by atoms with Crippen molar-refractivity contribution < 1.29 is 18.8 Å². The number of aryl methyl sites for hydroxylation is 1. The molecule has 0 unspecified atom stereocenters. The molecule has 2 aromatic rings. The molecule has 0 aliphatic carbocycles. The predicted molar refractivity (Wildman–Crippen MR) is 58.6 cm³/mol. The number of hydrogen-bond donors (Lipinski definition) is 1. The van der Waals surface area contributed by atoms with E-state index in [-0.39, 0.29) is 10.7 Å². The fourth-order valence-electron chi connectivity index (χ4n) is 1.51. The number of carboxylic acids is 1. The van der Waals surface area contributed by atoms with Gasteiger partial charge >= 0.3 is 5.97 Å². The van der Waals surface area contributed by atoms with Crippen LogP contribution in [0.5, 0.6) is 0 Å². The third kappa shape index (κ3) is 2.01. The molecule has 0 bridgehead atoms. The Bertz CT molecular complexity index is 594. The summed E-state index contributed by atoms with van der Waals surface area (Å²) in [5, 5.41) is 12.3. The Morgan fingerprint density at radius 2 is 2.24 bits per heavy atom. The van der Waals surface area contributed by atoms with Crippen LogP contribution in [-0.2, 0) is 0 Å². The molecule has 0 aliphatic heterocycles. The molecule has 1 heterocycles. The van der Waals surface area contributed by atoms with Gasteiger partial charge in [0.1, 0.15) is 11.6 Å². The summed E-state index contributed by atoms with van der Waals surface area (Å²) >= 11 is 5.64. The SMILES string of the molecule is Cc1onc(C(=O)O)c1-c1ccc(F)c(Cl)c1. The molecular weight excluding hydrogens is 249 g/mol. The lowest BCUT2D eigenvalue weighted by molar-refractivity contribution is 0.0686. The predicted octanol–water partition coefficient (Wildman–Crippen LogP) is 3.14. The van der Waals surface area contributed by atoms with Crippen molar-refractivity contribution in [1.82, 2.24) is 5.16 Å². The van der Waals surface area contributed by atoms with Crippen molar-refractivity contribution in [2.75, 3.05) is 0 Å². The van der Waals surface area contributed by atoms with Crippen LogP contribution in [-0.4, -0.2) is 16.2 Å². The third-order valence-corrected chi connectivity index (χ3v) is 2.56. The van der Waals surface area contributed by atoms with Crippen LogP contribution >= 0.6 is 11.6 Å². The Hall–Kier alpha value is -1.88. The molecule has 0 amide bonds. The quantitative estimate of drug-likeness (QED) is 0.895. The normalized spacial score (nSPS) is 10.5. The molecule has 88 valence electrons. The van der Waals surface area contributed by atoms with E-state index in [1.165, 1.54) is 12.1 Å². The zero-order valence-electron chi connectivity index (χ0n) is 8.70. The third-order valence-electron chi connectivity index (χ3n) is 2.27. The number of carboxylic acid groups (broad SMARTS) is 1. The van der Waals surface area contributed by atoms with E-state index in [2.05, 4.69) is 5.16 Å². The number of rotatable bonds is 2. The molecule has 2 rings (SSSR count). The Labute approximate surface area is 101 Å². The first-order valence-corrected chi connectivity index (χ1v) is 5.03. The molecule has 6 heteroatoms. The summed E-state index contributed by atoms with van der Waals surface area (Å²) in [4.78, 5) is 10.9. The first-order valence-electron chi connectivity index (χ1n) is 4.65. The maximum Gasteiger partial charge on any atom is 0.358 e. The second-order valence-electron chi connectivity index (χ2n) is 3.40. The lowest BCUT2D eigenvalue weighted by atomic mass is 10.0. The van der Waals surface area contributed by atoms with Crippen LogP contribution < -0.4 is 0 Å². The van der Waals surface area contributed by atoms with E-state index < -0.39 is 11.8 Å². The van der Waals surface area contributed by atoms with Crippen LogP contribution in [0, 0.1) is 12.7 Å². The van der Waals surface area contributed by atoms with Crippen molar-refractivity contribution in [3.05, 3.63) is 40.5 Å². The van der Waals surface area contributed by atoms with E-state index in [0.29, 0.717) is 16.9 Å². The molecule has 0 aliphatic rings. The molecule has 0 spiro atoms. The van der Waals surface area contributed by atoms with Crippen LogP contribution in [0.3, 0.4) is 0 Å². The lowest BCUT2D eigenvalue weighted by Gasteiger charge is -2.01. The number of carbonyl (C=O) groups is 1. The van der Waals surface area contributed by atoms with Gasteiger partial charge in [-0.05, 0) is 24.6 Å². The molecule has 0 saturated heterocycles. The molecule has 0 saturated carbocycles. The summed E-state index contributed by atoms with van der Waals surface area (Å²) in [6.07, 6.45) is 0. The molecule has 17 heavy (non-hydrogen) atoms. The van der Waals surface area contributed by atoms with E-state index in [1.807, 2.05) is 0 Å². The Balaban J connectivity index is 2.63. The fraction of sp³-hybridized carbons (Fsp3) is 0.0909. The summed E-state index contributed by atoms with van der Waals surface area (Å²) in [5.41, 5.74) is 0.539. The largest absolute Gasteiger partial charge is 0.476 e. The van der Waals surface area contributed by atoms with Crippen molar-refractivity contribution >= 4 is 17.6 Å². The monoisotopic (exact) mass is 255 g/mol. The minimum absolute atomic E-state index is 0.0839. The first-order chi connectivity index (χ1) is 8.00. The molecule has 1 N–H and O–H groups in total. The van der Waals surface area contributed by atoms with Crippen LogP contribution in [0.1, 0.15) is 16.2 Å². The molecule has 4 nitrogen and oxygen atoms in total. The van der Waals surface area contributed by atoms with E-state index in [4.69, 9.17) is 21.2 Å². The van der Waals surface area contributed by atoms with Crippen LogP contribution in [0.25, 0.3) is 11.1 Å². The topological polar surface area (TPSA) is 63.3 Å². The van der Waals surface area contributed by atoms with Gasteiger partial charge in [-0.2, -0.15) is 0 Å². The number of aromatic nitrogens is 1. The van der Waals surface area contributed by atoms with Gasteiger partial charge in [0.25, 0.3) is 0 Å². The highest BCUT2D eigenvalue weighted by Gasteiger charge is 2.21. The minimum Gasteiger partial charge on any atom is -0.476 e. The van der Waals surface area contributed by atoms with E-state index in [9.17, 15) is 9.18 Å². The number of aromatic carboxylic acids is 1. The first kappa shape index (κ1) is 11.6. The molecule has 1 aromatic carbocycles. The Kier molecular flexibility index (Phi) is 2.85. The van der Waals surface area contributed by atoms with Gasteiger partial charge in [-0.1, -0.05) is 22.8 Å². The number of halogens is 2.